The fraction of sp³-hybridized carbons (Fsp3) is 0. The number of carbonyl (C=O) groups excluding carboxylic acids is 1. The summed E-state index contributed by atoms with van der Waals surface area (Å²) in [5.41, 5.74) is 0.243. The van der Waals surface area contributed by atoms with E-state index in [0.717, 1.165) is 12.1 Å². The second-order valence-electron chi connectivity index (χ2n) is 5.55. The Morgan fingerprint density at radius 1 is 1.04 bits per heavy atom. The Bertz CT molecular complexity index is 1040. The highest BCUT2D eigenvalue weighted by Crippen LogP contribution is 2.32. The van der Waals surface area contributed by atoms with Crippen LogP contribution in [0.15, 0.2) is 60.7 Å². The molecule has 0 spiro atoms. The molecule has 0 bridgehead atoms. The van der Waals surface area contributed by atoms with Gasteiger partial charge in [0.05, 0.1) is 16.2 Å². The third-order valence-electron chi connectivity index (χ3n) is 3.78. The lowest BCUT2D eigenvalue weighted by Gasteiger charge is -2.13. The van der Waals surface area contributed by atoms with Crippen LogP contribution < -0.4 is 5.32 Å². The van der Waals surface area contributed by atoms with Crippen LogP contribution >= 0.6 is 22.6 Å². The number of hydrogen-bond acceptors (Lipinski definition) is 3. The van der Waals surface area contributed by atoms with E-state index in [1.165, 1.54) is 12.1 Å². The first-order chi connectivity index (χ1) is 12.9. The molecule has 136 valence electrons. The molecule has 8 heteroatoms. The van der Waals surface area contributed by atoms with E-state index in [1.54, 1.807) is 30.3 Å². The van der Waals surface area contributed by atoms with Crippen LogP contribution in [0.3, 0.4) is 0 Å². The van der Waals surface area contributed by atoms with Gasteiger partial charge in [-0.05, 0) is 40.3 Å². The molecule has 0 heterocycles. The zero-order valence-corrected chi connectivity index (χ0v) is 15.7. The molecule has 0 unspecified atom stereocenters. The molecule has 3 rings (SSSR count). The summed E-state index contributed by atoms with van der Waals surface area (Å²) in [5.74, 6) is -2.46. The molecule has 0 aliphatic heterocycles. The SMILES string of the molecule is O=C(Nc1c(F)cc(F)cc1-c1ccccc1)c1cc([N+](=O)[O-])ccc1I. The van der Waals surface area contributed by atoms with Gasteiger partial charge in [-0.2, -0.15) is 0 Å². The van der Waals surface area contributed by atoms with Crippen LogP contribution in [-0.2, 0) is 0 Å². The largest absolute Gasteiger partial charge is 0.319 e. The normalized spacial score (nSPS) is 10.5. The van der Waals surface area contributed by atoms with Gasteiger partial charge in [0.25, 0.3) is 11.6 Å². The lowest BCUT2D eigenvalue weighted by molar-refractivity contribution is -0.384. The number of nitro groups is 1. The molecule has 0 aliphatic rings. The van der Waals surface area contributed by atoms with Crippen LogP contribution in [0, 0.1) is 25.3 Å². The summed E-state index contributed by atoms with van der Waals surface area (Å²) in [6.45, 7) is 0. The molecule has 1 amide bonds. The molecule has 3 aromatic rings. The summed E-state index contributed by atoms with van der Waals surface area (Å²) >= 11 is 1.86. The highest BCUT2D eigenvalue weighted by Gasteiger charge is 2.20. The third-order valence-corrected chi connectivity index (χ3v) is 4.72. The monoisotopic (exact) mass is 480 g/mol. The van der Waals surface area contributed by atoms with Crippen molar-refractivity contribution in [2.45, 2.75) is 0 Å². The minimum absolute atomic E-state index is 0.0209. The van der Waals surface area contributed by atoms with E-state index in [1.807, 2.05) is 22.6 Å². The van der Waals surface area contributed by atoms with Crippen LogP contribution in [-0.4, -0.2) is 10.8 Å². The lowest BCUT2D eigenvalue weighted by atomic mass is 10.0. The van der Waals surface area contributed by atoms with Crippen molar-refractivity contribution < 1.29 is 18.5 Å². The number of non-ortho nitro benzene ring substituents is 1. The van der Waals surface area contributed by atoms with Crippen molar-refractivity contribution in [2.24, 2.45) is 0 Å². The number of carbonyl (C=O) groups is 1. The van der Waals surface area contributed by atoms with E-state index < -0.39 is 22.5 Å². The van der Waals surface area contributed by atoms with E-state index in [4.69, 9.17) is 0 Å². The summed E-state index contributed by atoms with van der Waals surface area (Å²) in [6, 6.07) is 14.1. The molecule has 0 atom stereocenters. The van der Waals surface area contributed by atoms with Gasteiger partial charge >= 0.3 is 0 Å². The quantitative estimate of drug-likeness (QED) is 0.309. The first-order valence-corrected chi connectivity index (χ1v) is 8.74. The van der Waals surface area contributed by atoms with Crippen molar-refractivity contribution in [3.63, 3.8) is 0 Å². The van der Waals surface area contributed by atoms with Gasteiger partial charge in [-0.25, -0.2) is 8.78 Å². The van der Waals surface area contributed by atoms with Gasteiger partial charge in [0.2, 0.25) is 0 Å². The standard InChI is InChI=1S/C19H11F2IN2O3/c20-12-8-14(11-4-2-1-3-5-11)18(16(21)9-12)23-19(25)15-10-13(24(26)27)6-7-17(15)22/h1-10H,(H,23,25). The minimum atomic E-state index is -0.942. The molecule has 27 heavy (non-hydrogen) atoms. The maximum Gasteiger partial charge on any atom is 0.270 e. The van der Waals surface area contributed by atoms with Crippen LogP contribution in [0.5, 0.6) is 0 Å². The number of nitrogens with zero attached hydrogens (tertiary/aromatic N) is 1. The average Bonchev–Trinajstić information content (AvgIpc) is 2.64. The maximum atomic E-state index is 14.4. The lowest BCUT2D eigenvalue weighted by Crippen LogP contribution is -2.16. The van der Waals surface area contributed by atoms with Crippen molar-refractivity contribution in [3.8, 4) is 11.1 Å². The molecular formula is C19H11F2IN2O3. The average molecular weight is 480 g/mol. The third kappa shape index (κ3) is 4.11. The Balaban J connectivity index is 2.05. The number of benzene rings is 3. The van der Waals surface area contributed by atoms with Gasteiger partial charge in [0.15, 0.2) is 0 Å². The molecule has 0 saturated carbocycles. The highest BCUT2D eigenvalue weighted by atomic mass is 127. The zero-order valence-electron chi connectivity index (χ0n) is 13.6. The van der Waals surface area contributed by atoms with E-state index in [9.17, 15) is 23.7 Å². The number of hydrogen-bond donors (Lipinski definition) is 1. The number of anilines is 1. The van der Waals surface area contributed by atoms with Crippen molar-refractivity contribution in [2.75, 3.05) is 5.32 Å². The van der Waals surface area contributed by atoms with E-state index >= 15 is 0 Å². The maximum absolute atomic E-state index is 14.4. The number of nitrogens with one attached hydrogen (secondary N) is 1. The summed E-state index contributed by atoms with van der Waals surface area (Å²) in [7, 11) is 0. The molecule has 0 aliphatic carbocycles. The fourth-order valence-electron chi connectivity index (χ4n) is 2.53. The van der Waals surface area contributed by atoms with Crippen molar-refractivity contribution in [3.05, 3.63) is 91.5 Å². The van der Waals surface area contributed by atoms with Crippen molar-refractivity contribution >= 4 is 39.9 Å². The second-order valence-corrected chi connectivity index (χ2v) is 6.71. The predicted molar refractivity (Wildman–Crippen MR) is 106 cm³/mol. The Hall–Kier alpha value is -2.88. The van der Waals surface area contributed by atoms with Crippen LogP contribution in [0.25, 0.3) is 11.1 Å². The topological polar surface area (TPSA) is 72.2 Å². The fourth-order valence-corrected chi connectivity index (χ4v) is 3.11. The van der Waals surface area contributed by atoms with Gasteiger partial charge in [0.1, 0.15) is 11.6 Å². The molecule has 1 N–H and O–H groups in total. The first-order valence-electron chi connectivity index (χ1n) is 7.66. The summed E-state index contributed by atoms with van der Waals surface area (Å²) < 4.78 is 28.6. The predicted octanol–water partition coefficient (Wildman–Crippen LogP) is 5.40. The minimum Gasteiger partial charge on any atom is -0.319 e. The Morgan fingerprint density at radius 2 is 1.74 bits per heavy atom. The Morgan fingerprint density at radius 3 is 2.41 bits per heavy atom. The molecule has 5 nitrogen and oxygen atoms in total. The molecule has 0 fully saturated rings. The smallest absolute Gasteiger partial charge is 0.270 e. The van der Waals surface area contributed by atoms with E-state index in [0.29, 0.717) is 15.2 Å². The summed E-state index contributed by atoms with van der Waals surface area (Å²) in [6.07, 6.45) is 0. The number of nitro benzene ring substituents is 1. The number of rotatable bonds is 4. The molecule has 0 saturated heterocycles. The first kappa shape index (κ1) is 18.9. The molecule has 0 radical (unpaired) electrons. The zero-order chi connectivity index (χ0) is 19.6. The summed E-state index contributed by atoms with van der Waals surface area (Å²) in [5, 5.41) is 13.4. The van der Waals surface area contributed by atoms with E-state index in [-0.39, 0.29) is 22.5 Å². The van der Waals surface area contributed by atoms with Gasteiger partial charge in [-0.15, -0.1) is 0 Å². The van der Waals surface area contributed by atoms with Crippen molar-refractivity contribution in [1.82, 2.24) is 0 Å². The van der Waals surface area contributed by atoms with Crippen LogP contribution in [0.1, 0.15) is 10.4 Å². The van der Waals surface area contributed by atoms with Gasteiger partial charge in [-0.1, -0.05) is 30.3 Å². The van der Waals surface area contributed by atoms with Gasteiger partial charge < -0.3 is 5.32 Å². The molecule has 0 aromatic heterocycles. The molecule has 3 aromatic carbocycles. The Labute approximate surface area is 166 Å². The highest BCUT2D eigenvalue weighted by molar-refractivity contribution is 14.1. The number of amides is 1. The number of halogens is 3. The Kier molecular flexibility index (Phi) is 5.45. The molecular weight excluding hydrogens is 469 g/mol. The second kappa shape index (κ2) is 7.78. The van der Waals surface area contributed by atoms with Crippen LogP contribution in [0.2, 0.25) is 0 Å². The van der Waals surface area contributed by atoms with Gasteiger partial charge in [-0.3, -0.25) is 14.9 Å². The van der Waals surface area contributed by atoms with Crippen molar-refractivity contribution in [1.29, 1.82) is 0 Å². The van der Waals surface area contributed by atoms with Gasteiger partial charge in [0, 0.05) is 27.3 Å². The summed E-state index contributed by atoms with van der Waals surface area (Å²) in [4.78, 5) is 23.0. The van der Waals surface area contributed by atoms with E-state index in [2.05, 4.69) is 5.32 Å². The van der Waals surface area contributed by atoms with Crippen LogP contribution in [0.4, 0.5) is 20.2 Å².